The average Bonchev–Trinajstić information content (AvgIpc) is 2.47. The van der Waals surface area contributed by atoms with Gasteiger partial charge in [0.2, 0.25) is 0 Å². The number of benzene rings is 1. The summed E-state index contributed by atoms with van der Waals surface area (Å²) in [6.45, 7) is 6.77. The zero-order valence-corrected chi connectivity index (χ0v) is 13.9. The van der Waals surface area contributed by atoms with Crippen molar-refractivity contribution in [3.05, 3.63) is 34.1 Å². The molecule has 0 aliphatic carbocycles. The number of halogens is 5. The van der Waals surface area contributed by atoms with Gasteiger partial charge in [0.05, 0.1) is 10.6 Å². The molecule has 0 saturated carbocycles. The van der Waals surface area contributed by atoms with Gasteiger partial charge in [0.1, 0.15) is 5.82 Å². The highest BCUT2D eigenvalue weighted by Crippen LogP contribution is 2.38. The zero-order chi connectivity index (χ0) is 17.2. The maximum absolute atomic E-state index is 14.5. The van der Waals surface area contributed by atoms with Crippen molar-refractivity contribution >= 4 is 11.6 Å². The van der Waals surface area contributed by atoms with Gasteiger partial charge in [-0.2, -0.15) is 13.2 Å². The predicted octanol–water partition coefficient (Wildman–Crippen LogP) is 4.49. The van der Waals surface area contributed by atoms with E-state index in [2.05, 4.69) is 5.32 Å². The van der Waals surface area contributed by atoms with Crippen molar-refractivity contribution in [1.29, 1.82) is 0 Å². The Bertz CT molecular complexity index is 540. The first kappa shape index (κ1) is 18.5. The Kier molecular flexibility index (Phi) is 5.92. The standard InChI is InChI=1S/C16H21ClF4N2/c1-10(2)7-14(23-5-3-22-4-6-23)12-8-11(16(19,20)21)9-13(17)15(12)18/h8-10,14,22H,3-7H2,1-2H3/t14-/m1/s1. The van der Waals surface area contributed by atoms with E-state index in [1.807, 2.05) is 18.7 Å². The smallest absolute Gasteiger partial charge is 0.314 e. The third kappa shape index (κ3) is 4.58. The Hall–Kier alpha value is -0.850. The average molecular weight is 353 g/mol. The number of nitrogens with zero attached hydrogens (tertiary/aromatic N) is 1. The largest absolute Gasteiger partial charge is 0.416 e. The first-order valence-corrected chi connectivity index (χ1v) is 8.09. The second kappa shape index (κ2) is 7.36. The summed E-state index contributed by atoms with van der Waals surface area (Å²) in [5.41, 5.74) is -0.858. The van der Waals surface area contributed by atoms with Crippen LogP contribution in [0.1, 0.15) is 37.4 Å². The van der Waals surface area contributed by atoms with Gasteiger partial charge in [-0.3, -0.25) is 4.90 Å². The summed E-state index contributed by atoms with van der Waals surface area (Å²) in [5.74, 6) is -0.522. The summed E-state index contributed by atoms with van der Waals surface area (Å²) in [5, 5.41) is 2.72. The van der Waals surface area contributed by atoms with Crippen molar-refractivity contribution in [1.82, 2.24) is 10.2 Å². The molecule has 1 saturated heterocycles. The molecule has 0 radical (unpaired) electrons. The molecule has 1 aromatic rings. The third-order valence-electron chi connectivity index (χ3n) is 4.03. The Balaban J connectivity index is 2.46. The molecule has 2 nitrogen and oxygen atoms in total. The molecular formula is C16H21ClF4N2. The fourth-order valence-electron chi connectivity index (χ4n) is 2.93. The lowest BCUT2D eigenvalue weighted by atomic mass is 9.93. The van der Waals surface area contributed by atoms with E-state index in [1.54, 1.807) is 0 Å². The Morgan fingerprint density at radius 1 is 1.22 bits per heavy atom. The normalized spacial score (nSPS) is 18.4. The first-order valence-electron chi connectivity index (χ1n) is 7.71. The molecule has 0 unspecified atom stereocenters. The first-order chi connectivity index (χ1) is 10.7. The van der Waals surface area contributed by atoms with E-state index in [0.717, 1.165) is 19.2 Å². The maximum Gasteiger partial charge on any atom is 0.416 e. The minimum Gasteiger partial charge on any atom is -0.314 e. The third-order valence-corrected chi connectivity index (χ3v) is 4.30. The van der Waals surface area contributed by atoms with Crippen molar-refractivity contribution in [2.75, 3.05) is 26.2 Å². The van der Waals surface area contributed by atoms with Gasteiger partial charge in [-0.25, -0.2) is 4.39 Å². The van der Waals surface area contributed by atoms with Crippen molar-refractivity contribution in [2.45, 2.75) is 32.5 Å². The molecule has 1 atom stereocenters. The van der Waals surface area contributed by atoms with E-state index in [4.69, 9.17) is 11.6 Å². The van der Waals surface area contributed by atoms with Crippen LogP contribution in [0.4, 0.5) is 17.6 Å². The minimum absolute atomic E-state index is 0.0421. The number of hydrogen-bond donors (Lipinski definition) is 1. The van der Waals surface area contributed by atoms with Crippen LogP contribution in [0.2, 0.25) is 5.02 Å². The van der Waals surface area contributed by atoms with Crippen LogP contribution in [0.3, 0.4) is 0 Å². The molecule has 1 aliphatic heterocycles. The quantitative estimate of drug-likeness (QED) is 0.803. The summed E-state index contributed by atoms with van der Waals surface area (Å²) in [4.78, 5) is 2.03. The van der Waals surface area contributed by atoms with E-state index in [-0.39, 0.29) is 11.5 Å². The minimum atomic E-state index is -4.54. The van der Waals surface area contributed by atoms with Crippen molar-refractivity contribution in [3.63, 3.8) is 0 Å². The van der Waals surface area contributed by atoms with Crippen LogP contribution in [0.15, 0.2) is 12.1 Å². The van der Waals surface area contributed by atoms with Crippen LogP contribution in [0.25, 0.3) is 0 Å². The fourth-order valence-corrected chi connectivity index (χ4v) is 3.16. The van der Waals surface area contributed by atoms with Gasteiger partial charge >= 0.3 is 6.18 Å². The molecule has 0 aromatic heterocycles. The van der Waals surface area contributed by atoms with Crippen molar-refractivity contribution in [2.24, 2.45) is 5.92 Å². The van der Waals surface area contributed by atoms with Crippen LogP contribution < -0.4 is 5.32 Å². The van der Waals surface area contributed by atoms with E-state index in [9.17, 15) is 17.6 Å². The summed E-state index contributed by atoms with van der Waals surface area (Å²) in [7, 11) is 0. The summed E-state index contributed by atoms with van der Waals surface area (Å²) < 4.78 is 53.6. The number of rotatable bonds is 4. The van der Waals surface area contributed by atoms with Crippen molar-refractivity contribution in [3.8, 4) is 0 Å². The van der Waals surface area contributed by atoms with Crippen LogP contribution in [-0.4, -0.2) is 31.1 Å². The van der Waals surface area contributed by atoms with Gasteiger partial charge in [-0.1, -0.05) is 25.4 Å². The number of nitrogens with one attached hydrogen (secondary N) is 1. The Labute approximate surface area is 138 Å². The molecule has 7 heteroatoms. The molecule has 1 aromatic carbocycles. The van der Waals surface area contributed by atoms with Gasteiger partial charge in [0.25, 0.3) is 0 Å². The lowest BCUT2D eigenvalue weighted by Crippen LogP contribution is -2.45. The molecule has 1 heterocycles. The number of hydrogen-bond acceptors (Lipinski definition) is 2. The second-order valence-electron chi connectivity index (χ2n) is 6.29. The lowest BCUT2D eigenvalue weighted by molar-refractivity contribution is -0.137. The topological polar surface area (TPSA) is 15.3 Å². The zero-order valence-electron chi connectivity index (χ0n) is 13.2. The molecule has 0 bridgehead atoms. The second-order valence-corrected chi connectivity index (χ2v) is 6.70. The van der Waals surface area contributed by atoms with E-state index < -0.39 is 28.6 Å². The van der Waals surface area contributed by atoms with Crippen molar-refractivity contribution < 1.29 is 17.6 Å². The summed E-state index contributed by atoms with van der Waals surface area (Å²) >= 11 is 5.74. The monoisotopic (exact) mass is 352 g/mol. The molecule has 2 rings (SSSR count). The summed E-state index contributed by atoms with van der Waals surface area (Å²) in [6, 6.07) is 1.16. The van der Waals surface area contributed by atoms with Gasteiger partial charge in [-0.05, 0) is 24.5 Å². The number of piperazine rings is 1. The van der Waals surface area contributed by atoms with Gasteiger partial charge in [0.15, 0.2) is 0 Å². The highest BCUT2D eigenvalue weighted by Gasteiger charge is 2.34. The Morgan fingerprint density at radius 3 is 2.35 bits per heavy atom. The van der Waals surface area contributed by atoms with Gasteiger partial charge < -0.3 is 5.32 Å². The van der Waals surface area contributed by atoms with Gasteiger partial charge in [-0.15, -0.1) is 0 Å². The van der Waals surface area contributed by atoms with Crippen LogP contribution >= 0.6 is 11.6 Å². The van der Waals surface area contributed by atoms with Gasteiger partial charge in [0, 0.05) is 37.8 Å². The number of alkyl halides is 3. The van der Waals surface area contributed by atoms with Crippen LogP contribution in [0, 0.1) is 11.7 Å². The SMILES string of the molecule is CC(C)C[C@H](c1cc(C(F)(F)F)cc(Cl)c1F)N1CCNCC1. The van der Waals surface area contributed by atoms with E-state index >= 15 is 0 Å². The molecule has 23 heavy (non-hydrogen) atoms. The predicted molar refractivity (Wildman–Crippen MR) is 83.1 cm³/mol. The Morgan fingerprint density at radius 2 is 1.83 bits per heavy atom. The van der Waals surface area contributed by atoms with E-state index in [0.29, 0.717) is 25.6 Å². The molecule has 0 amide bonds. The molecule has 130 valence electrons. The maximum atomic E-state index is 14.5. The molecule has 1 aliphatic rings. The fraction of sp³-hybridized carbons (Fsp3) is 0.625. The highest BCUT2D eigenvalue weighted by molar-refractivity contribution is 6.30. The molecule has 1 N–H and O–H groups in total. The molecule has 1 fully saturated rings. The lowest BCUT2D eigenvalue weighted by Gasteiger charge is -2.36. The highest BCUT2D eigenvalue weighted by atomic mass is 35.5. The molecule has 0 spiro atoms. The van der Waals surface area contributed by atoms with Crippen LogP contribution in [0.5, 0.6) is 0 Å². The van der Waals surface area contributed by atoms with E-state index in [1.165, 1.54) is 0 Å². The molecular weight excluding hydrogens is 332 g/mol. The van der Waals surface area contributed by atoms with Crippen LogP contribution in [-0.2, 0) is 6.18 Å². The summed E-state index contributed by atoms with van der Waals surface area (Å²) in [6.07, 6.45) is -3.97.